The molecule has 3 atom stereocenters. The van der Waals surface area contributed by atoms with Crippen molar-refractivity contribution in [3.8, 4) is 0 Å². The van der Waals surface area contributed by atoms with Gasteiger partial charge in [0.05, 0.1) is 12.2 Å². The van der Waals surface area contributed by atoms with Crippen molar-refractivity contribution in [2.45, 2.75) is 57.0 Å². The molecule has 1 aromatic rings. The lowest BCUT2D eigenvalue weighted by Crippen LogP contribution is -2.34. The lowest BCUT2D eigenvalue weighted by atomic mass is 9.92. The number of hydrogen-bond acceptors (Lipinski definition) is 3. The van der Waals surface area contributed by atoms with E-state index >= 15 is 0 Å². The zero-order valence-corrected chi connectivity index (χ0v) is 13.4. The first kappa shape index (κ1) is 16.3. The van der Waals surface area contributed by atoms with Crippen LogP contribution in [0.3, 0.4) is 0 Å². The molecule has 5 nitrogen and oxygen atoms in total. The molecule has 0 saturated heterocycles. The molecule has 21 heavy (non-hydrogen) atoms. The highest BCUT2D eigenvalue weighted by Crippen LogP contribution is 2.30. The van der Waals surface area contributed by atoms with E-state index in [1.165, 1.54) is 11.3 Å². The molecule has 1 amide bonds. The Morgan fingerprint density at radius 1 is 1.43 bits per heavy atom. The van der Waals surface area contributed by atoms with Gasteiger partial charge >= 0.3 is 0 Å². The highest BCUT2D eigenvalue weighted by atomic mass is 35.5. The van der Waals surface area contributed by atoms with Crippen LogP contribution < -0.4 is 11.1 Å². The maximum absolute atomic E-state index is 12.2. The number of aryl methyl sites for hydroxylation is 1. The van der Waals surface area contributed by atoms with Crippen LogP contribution in [0.15, 0.2) is 6.20 Å². The van der Waals surface area contributed by atoms with E-state index in [1.54, 1.807) is 0 Å². The third-order valence-corrected chi connectivity index (χ3v) is 4.88. The first-order valence-electron chi connectivity index (χ1n) is 7.71. The molecule has 1 aromatic heterocycles. The van der Waals surface area contributed by atoms with Crippen LogP contribution in [0.2, 0.25) is 0 Å². The summed E-state index contributed by atoms with van der Waals surface area (Å²) < 4.78 is 1.93. The maximum Gasteiger partial charge on any atom is 0.220 e. The molecule has 2 aliphatic carbocycles. The second-order valence-electron chi connectivity index (χ2n) is 6.24. The average molecular weight is 313 g/mol. The number of rotatable bonds is 3. The van der Waals surface area contributed by atoms with E-state index in [4.69, 9.17) is 5.73 Å². The van der Waals surface area contributed by atoms with Crippen molar-refractivity contribution in [2.24, 2.45) is 18.7 Å². The fourth-order valence-corrected chi connectivity index (χ4v) is 3.67. The van der Waals surface area contributed by atoms with E-state index in [0.29, 0.717) is 12.3 Å². The molecule has 1 heterocycles. The summed E-state index contributed by atoms with van der Waals surface area (Å²) in [5.41, 5.74) is 8.51. The Balaban J connectivity index is 0.00000161. The van der Waals surface area contributed by atoms with Crippen molar-refractivity contribution in [2.75, 3.05) is 0 Å². The van der Waals surface area contributed by atoms with E-state index in [1.807, 2.05) is 17.9 Å². The molecule has 1 fully saturated rings. The van der Waals surface area contributed by atoms with Crippen LogP contribution in [0.1, 0.15) is 55.8 Å². The summed E-state index contributed by atoms with van der Waals surface area (Å²) in [6.45, 7) is 0. The highest BCUT2D eigenvalue weighted by molar-refractivity contribution is 5.85. The van der Waals surface area contributed by atoms with Gasteiger partial charge in [0.2, 0.25) is 5.91 Å². The minimum absolute atomic E-state index is 0. The molecule has 118 valence electrons. The zero-order chi connectivity index (χ0) is 14.1. The van der Waals surface area contributed by atoms with Gasteiger partial charge in [-0.1, -0.05) is 6.42 Å². The maximum atomic E-state index is 12.2. The predicted molar refractivity (Wildman–Crippen MR) is 84.2 cm³/mol. The number of nitrogens with two attached hydrogens (primary N) is 1. The molecule has 6 heteroatoms. The van der Waals surface area contributed by atoms with E-state index < -0.39 is 0 Å². The molecule has 3 N–H and O–H groups in total. The molecule has 3 rings (SSSR count). The summed E-state index contributed by atoms with van der Waals surface area (Å²) in [5, 5.41) is 7.50. The van der Waals surface area contributed by atoms with Crippen LogP contribution >= 0.6 is 12.4 Å². The van der Waals surface area contributed by atoms with Crippen molar-refractivity contribution < 1.29 is 4.79 Å². The largest absolute Gasteiger partial charge is 0.349 e. The molecule has 0 bridgehead atoms. The van der Waals surface area contributed by atoms with E-state index in [-0.39, 0.29) is 30.4 Å². The Morgan fingerprint density at radius 2 is 2.24 bits per heavy atom. The topological polar surface area (TPSA) is 72.9 Å². The van der Waals surface area contributed by atoms with Crippen LogP contribution in [0.25, 0.3) is 0 Å². The smallest absolute Gasteiger partial charge is 0.220 e. The molecule has 1 unspecified atom stereocenters. The van der Waals surface area contributed by atoms with E-state index in [9.17, 15) is 4.79 Å². The second kappa shape index (κ2) is 6.79. The summed E-state index contributed by atoms with van der Waals surface area (Å²) in [5.74, 6) is 0.515. The van der Waals surface area contributed by atoms with Crippen LogP contribution in [-0.2, 0) is 18.3 Å². The van der Waals surface area contributed by atoms with Gasteiger partial charge in [-0.25, -0.2) is 0 Å². The number of hydrogen-bond donors (Lipinski definition) is 2. The van der Waals surface area contributed by atoms with Crippen molar-refractivity contribution in [1.82, 2.24) is 15.1 Å². The molecule has 0 radical (unpaired) electrons. The van der Waals surface area contributed by atoms with Crippen molar-refractivity contribution in [3.63, 3.8) is 0 Å². The summed E-state index contributed by atoms with van der Waals surface area (Å²) >= 11 is 0. The Hall–Kier alpha value is -1.07. The molecule has 0 aliphatic heterocycles. The zero-order valence-electron chi connectivity index (χ0n) is 12.5. The Morgan fingerprint density at radius 3 is 2.95 bits per heavy atom. The summed E-state index contributed by atoms with van der Waals surface area (Å²) in [4.78, 5) is 12.2. The number of carbonyl (C=O) groups is 1. The van der Waals surface area contributed by atoms with E-state index in [2.05, 4.69) is 10.4 Å². The number of nitrogens with one attached hydrogen (secondary N) is 1. The second-order valence-corrected chi connectivity index (χ2v) is 6.24. The van der Waals surface area contributed by atoms with Gasteiger partial charge in [-0.15, -0.1) is 12.4 Å². The van der Waals surface area contributed by atoms with Gasteiger partial charge < -0.3 is 11.1 Å². The average Bonchev–Trinajstić information content (AvgIpc) is 2.98. The lowest BCUT2D eigenvalue weighted by molar-refractivity contribution is -0.122. The first-order chi connectivity index (χ1) is 9.65. The SMILES string of the molecule is Cl.Cn1ncc2c1CCCC2NC(=O)C[C@@H]1CCC[C@H]1N. The van der Waals surface area contributed by atoms with Gasteiger partial charge in [0.1, 0.15) is 0 Å². The summed E-state index contributed by atoms with van der Waals surface area (Å²) in [7, 11) is 1.97. The minimum atomic E-state index is 0. The summed E-state index contributed by atoms with van der Waals surface area (Å²) in [6.07, 6.45) is 8.99. The van der Waals surface area contributed by atoms with Gasteiger partial charge in [-0.2, -0.15) is 5.10 Å². The van der Waals surface area contributed by atoms with Gasteiger partial charge in [0.15, 0.2) is 0 Å². The van der Waals surface area contributed by atoms with Gasteiger partial charge in [-0.3, -0.25) is 9.48 Å². The first-order valence-corrected chi connectivity index (χ1v) is 7.71. The molecule has 2 aliphatic rings. The van der Waals surface area contributed by atoms with Crippen molar-refractivity contribution in [1.29, 1.82) is 0 Å². The normalized spacial score (nSPS) is 27.8. The van der Waals surface area contributed by atoms with Crippen LogP contribution in [0.4, 0.5) is 0 Å². The van der Waals surface area contributed by atoms with Gasteiger partial charge in [0.25, 0.3) is 0 Å². The molecule has 0 spiro atoms. The van der Waals surface area contributed by atoms with E-state index in [0.717, 1.165) is 38.5 Å². The van der Waals surface area contributed by atoms with Gasteiger partial charge in [-0.05, 0) is 38.0 Å². The minimum Gasteiger partial charge on any atom is -0.349 e. The highest BCUT2D eigenvalue weighted by Gasteiger charge is 2.29. The Bertz CT molecular complexity index is 502. The van der Waals surface area contributed by atoms with Crippen LogP contribution in [0, 0.1) is 5.92 Å². The monoisotopic (exact) mass is 312 g/mol. The van der Waals surface area contributed by atoms with Crippen molar-refractivity contribution in [3.05, 3.63) is 17.5 Å². The Kier molecular flexibility index (Phi) is 5.27. The molecule has 0 aromatic carbocycles. The number of fused-ring (bicyclic) bond motifs is 1. The number of nitrogens with zero attached hydrogens (tertiary/aromatic N) is 2. The number of halogens is 1. The third-order valence-electron chi connectivity index (χ3n) is 4.88. The quantitative estimate of drug-likeness (QED) is 0.894. The number of aromatic nitrogens is 2. The number of amides is 1. The fraction of sp³-hybridized carbons (Fsp3) is 0.733. The predicted octanol–water partition coefficient (Wildman–Crippen LogP) is 1.85. The van der Waals surface area contributed by atoms with Crippen molar-refractivity contribution >= 4 is 18.3 Å². The standard InChI is InChI=1S/C15H24N4O.ClH/c1-19-14-7-3-6-13(11(14)9-17-19)18-15(20)8-10-4-2-5-12(10)16;/h9-10,12-13H,2-8,16H2,1H3,(H,18,20);1H/t10-,12+,13?;/m0./s1. The van der Waals surface area contributed by atoms with Gasteiger partial charge in [0, 0.05) is 30.8 Å². The lowest BCUT2D eigenvalue weighted by Gasteiger charge is -2.25. The third kappa shape index (κ3) is 3.40. The Labute approximate surface area is 132 Å². The van der Waals surface area contributed by atoms with Crippen LogP contribution in [0.5, 0.6) is 0 Å². The van der Waals surface area contributed by atoms with Crippen LogP contribution in [-0.4, -0.2) is 21.7 Å². The molecular formula is C15H25ClN4O. The summed E-state index contributed by atoms with van der Waals surface area (Å²) in [6, 6.07) is 0.346. The molecule has 1 saturated carbocycles. The fourth-order valence-electron chi connectivity index (χ4n) is 3.67. The molecular weight excluding hydrogens is 288 g/mol. The number of carbonyl (C=O) groups excluding carboxylic acids is 1.